The molecule has 0 spiro atoms. The van der Waals surface area contributed by atoms with Crippen LogP contribution in [0.4, 0.5) is 0 Å². The molecule has 0 aromatic heterocycles. The molecule has 0 aliphatic rings. The maximum Gasteiger partial charge on any atom is 0.337 e. The molecule has 2 aromatic rings. The predicted molar refractivity (Wildman–Crippen MR) is 84.9 cm³/mol. The highest BCUT2D eigenvalue weighted by Gasteiger charge is 2.30. The number of fused-ring (bicyclic) bond motifs is 1. The molecule has 112 valence electrons. The van der Waals surface area contributed by atoms with E-state index in [0.29, 0.717) is 10.6 Å². The number of ether oxygens (including phenoxy) is 1. The summed E-state index contributed by atoms with van der Waals surface area (Å²) in [5, 5.41) is 11.8. The summed E-state index contributed by atoms with van der Waals surface area (Å²) in [5.41, 5.74) is 0.762. The van der Waals surface area contributed by atoms with Gasteiger partial charge in [-0.1, -0.05) is 41.9 Å². The van der Waals surface area contributed by atoms with Crippen LogP contribution in [-0.4, -0.2) is 16.7 Å². The molecule has 1 N–H and O–H groups in total. The largest absolute Gasteiger partial charge is 0.479 e. The fraction of sp³-hybridized carbons (Fsp3) is 0.353. The first-order valence-corrected chi connectivity index (χ1v) is 7.17. The highest BCUT2D eigenvalue weighted by molar-refractivity contribution is 6.36. The van der Waals surface area contributed by atoms with Crippen LogP contribution in [0.3, 0.4) is 0 Å². The van der Waals surface area contributed by atoms with Gasteiger partial charge in [0.1, 0.15) is 0 Å². The molecule has 0 saturated heterocycles. The van der Waals surface area contributed by atoms with Crippen molar-refractivity contribution in [1.29, 1.82) is 0 Å². The minimum atomic E-state index is -1.08. The molecule has 3 nitrogen and oxygen atoms in total. The lowest BCUT2D eigenvalue weighted by molar-refractivity contribution is -0.160. The van der Waals surface area contributed by atoms with Gasteiger partial charge in [-0.2, -0.15) is 0 Å². The SMILES string of the molecule is Cc1cc2ccccc2c(Cl)c1[C@H](OC(C)(C)C)C(=O)O. The number of hydrogen-bond donors (Lipinski definition) is 1. The summed E-state index contributed by atoms with van der Waals surface area (Å²) < 4.78 is 5.71. The summed E-state index contributed by atoms with van der Waals surface area (Å²) >= 11 is 6.47. The van der Waals surface area contributed by atoms with Crippen LogP contribution in [0.1, 0.15) is 38.0 Å². The minimum Gasteiger partial charge on any atom is -0.479 e. The number of halogens is 1. The molecular weight excluding hydrogens is 288 g/mol. The van der Waals surface area contributed by atoms with E-state index in [1.807, 2.05) is 58.0 Å². The molecule has 0 amide bonds. The molecule has 0 unspecified atom stereocenters. The second-order valence-electron chi connectivity index (χ2n) is 6.09. The Morgan fingerprint density at radius 2 is 1.90 bits per heavy atom. The van der Waals surface area contributed by atoms with E-state index in [0.717, 1.165) is 16.3 Å². The van der Waals surface area contributed by atoms with Crippen molar-refractivity contribution in [2.45, 2.75) is 39.4 Å². The number of carbonyl (C=O) groups is 1. The second-order valence-corrected chi connectivity index (χ2v) is 6.47. The van der Waals surface area contributed by atoms with Crippen molar-refractivity contribution < 1.29 is 14.6 Å². The summed E-state index contributed by atoms with van der Waals surface area (Å²) in [6, 6.07) is 9.60. The fourth-order valence-corrected chi connectivity index (χ4v) is 2.78. The summed E-state index contributed by atoms with van der Waals surface area (Å²) in [7, 11) is 0. The number of benzene rings is 2. The molecule has 4 heteroatoms. The van der Waals surface area contributed by atoms with Gasteiger partial charge in [-0.25, -0.2) is 4.79 Å². The lowest BCUT2D eigenvalue weighted by Crippen LogP contribution is -2.28. The lowest BCUT2D eigenvalue weighted by atomic mass is 9.97. The topological polar surface area (TPSA) is 46.5 Å². The molecular formula is C17H19ClO3. The van der Waals surface area contributed by atoms with Gasteiger partial charge in [0, 0.05) is 10.9 Å². The smallest absolute Gasteiger partial charge is 0.337 e. The van der Waals surface area contributed by atoms with Crippen LogP contribution in [-0.2, 0) is 9.53 Å². The number of carboxylic acids is 1. The Morgan fingerprint density at radius 1 is 1.29 bits per heavy atom. The number of rotatable bonds is 3. The van der Waals surface area contributed by atoms with Crippen molar-refractivity contribution in [2.75, 3.05) is 0 Å². The summed E-state index contributed by atoms with van der Waals surface area (Å²) in [6.45, 7) is 7.34. The van der Waals surface area contributed by atoms with Crippen molar-refractivity contribution in [3.8, 4) is 0 Å². The van der Waals surface area contributed by atoms with Gasteiger partial charge >= 0.3 is 5.97 Å². The van der Waals surface area contributed by atoms with E-state index in [9.17, 15) is 9.90 Å². The van der Waals surface area contributed by atoms with Gasteiger partial charge in [-0.3, -0.25) is 0 Å². The molecule has 21 heavy (non-hydrogen) atoms. The maximum atomic E-state index is 11.6. The Balaban J connectivity index is 2.65. The molecule has 0 heterocycles. The van der Waals surface area contributed by atoms with Gasteiger partial charge in [0.2, 0.25) is 0 Å². The van der Waals surface area contributed by atoms with Crippen LogP contribution < -0.4 is 0 Å². The molecule has 1 atom stereocenters. The van der Waals surface area contributed by atoms with Gasteiger partial charge in [0.15, 0.2) is 6.10 Å². The summed E-state index contributed by atoms with van der Waals surface area (Å²) in [4.78, 5) is 11.6. The molecule has 0 bridgehead atoms. The Morgan fingerprint density at radius 3 is 2.48 bits per heavy atom. The normalized spacial score (nSPS) is 13.4. The van der Waals surface area contributed by atoms with Crippen LogP contribution in [0, 0.1) is 6.92 Å². The van der Waals surface area contributed by atoms with Gasteiger partial charge in [0.05, 0.1) is 10.6 Å². The van der Waals surface area contributed by atoms with E-state index < -0.39 is 17.7 Å². The highest BCUT2D eigenvalue weighted by atomic mass is 35.5. The third kappa shape index (κ3) is 3.36. The van der Waals surface area contributed by atoms with Crippen LogP contribution in [0.25, 0.3) is 10.8 Å². The van der Waals surface area contributed by atoms with Gasteiger partial charge in [0.25, 0.3) is 0 Å². The molecule has 0 fully saturated rings. The van der Waals surface area contributed by atoms with E-state index in [-0.39, 0.29) is 0 Å². The van der Waals surface area contributed by atoms with E-state index in [2.05, 4.69) is 0 Å². The van der Waals surface area contributed by atoms with Crippen molar-refractivity contribution in [1.82, 2.24) is 0 Å². The van der Waals surface area contributed by atoms with Crippen LogP contribution in [0.2, 0.25) is 5.02 Å². The van der Waals surface area contributed by atoms with Crippen molar-refractivity contribution in [3.05, 3.63) is 46.5 Å². The third-order valence-electron chi connectivity index (χ3n) is 3.19. The van der Waals surface area contributed by atoms with E-state index in [1.165, 1.54) is 0 Å². The van der Waals surface area contributed by atoms with Gasteiger partial charge < -0.3 is 9.84 Å². The molecule has 0 saturated carbocycles. The third-order valence-corrected chi connectivity index (χ3v) is 3.60. The monoisotopic (exact) mass is 306 g/mol. The Kier molecular flexibility index (Phi) is 4.26. The maximum absolute atomic E-state index is 11.6. The summed E-state index contributed by atoms with van der Waals surface area (Å²) in [6.07, 6.45) is -1.08. The lowest BCUT2D eigenvalue weighted by Gasteiger charge is -2.27. The Labute approximate surface area is 129 Å². The molecule has 0 aliphatic carbocycles. The average molecular weight is 307 g/mol. The van der Waals surface area contributed by atoms with Crippen molar-refractivity contribution in [2.24, 2.45) is 0 Å². The van der Waals surface area contributed by atoms with E-state index >= 15 is 0 Å². The standard InChI is InChI=1S/C17H19ClO3/c1-10-9-11-7-5-6-8-12(11)14(18)13(10)15(16(19)20)21-17(2,3)4/h5-9,15H,1-4H3,(H,19,20)/t15-/m0/s1. The summed E-state index contributed by atoms with van der Waals surface area (Å²) in [5.74, 6) is -1.04. The van der Waals surface area contributed by atoms with Crippen LogP contribution in [0.5, 0.6) is 0 Å². The first-order chi connectivity index (χ1) is 9.70. The van der Waals surface area contributed by atoms with Gasteiger partial charge in [-0.15, -0.1) is 0 Å². The zero-order valence-corrected chi connectivity index (χ0v) is 13.4. The number of carboxylic acid groups (broad SMARTS) is 1. The zero-order valence-electron chi connectivity index (χ0n) is 12.6. The van der Waals surface area contributed by atoms with Crippen molar-refractivity contribution >= 4 is 28.3 Å². The second kappa shape index (κ2) is 5.66. The molecule has 0 radical (unpaired) electrons. The Hall–Kier alpha value is -1.58. The minimum absolute atomic E-state index is 0.447. The van der Waals surface area contributed by atoms with Crippen molar-refractivity contribution in [3.63, 3.8) is 0 Å². The quantitative estimate of drug-likeness (QED) is 0.890. The van der Waals surface area contributed by atoms with Crippen LogP contribution in [0.15, 0.2) is 30.3 Å². The predicted octanol–water partition coefficient (Wildman–Crippen LogP) is 4.74. The fourth-order valence-electron chi connectivity index (χ4n) is 2.36. The van der Waals surface area contributed by atoms with Crippen LogP contribution >= 0.6 is 11.6 Å². The molecule has 0 aliphatic heterocycles. The number of aryl methyl sites for hydroxylation is 1. The Bertz CT molecular complexity index is 686. The first kappa shape index (κ1) is 15.8. The number of aliphatic carboxylic acids is 1. The average Bonchev–Trinajstić information content (AvgIpc) is 2.36. The first-order valence-electron chi connectivity index (χ1n) is 6.79. The van der Waals surface area contributed by atoms with E-state index in [1.54, 1.807) is 0 Å². The van der Waals surface area contributed by atoms with Gasteiger partial charge in [-0.05, 0) is 38.6 Å². The van der Waals surface area contributed by atoms with E-state index in [4.69, 9.17) is 16.3 Å². The molecule has 2 rings (SSSR count). The molecule has 2 aromatic carbocycles. The number of hydrogen-bond acceptors (Lipinski definition) is 2. The zero-order chi connectivity index (χ0) is 15.8. The highest BCUT2D eigenvalue weighted by Crippen LogP contribution is 2.37.